The lowest BCUT2D eigenvalue weighted by atomic mass is 10.1. The van der Waals surface area contributed by atoms with E-state index in [1.807, 2.05) is 12.1 Å². The second-order valence-corrected chi connectivity index (χ2v) is 7.28. The molecule has 0 saturated carbocycles. The van der Waals surface area contributed by atoms with E-state index < -0.39 is 0 Å². The number of likely N-dealkylation sites (tertiary alicyclic amines) is 1. The molecule has 1 amide bonds. The molecule has 1 atom stereocenters. The standard InChI is InChI=1S/C20H31N3O2/c1-17(22-11-5-3-2-4-6-12-22)20(24)21-18-7-9-19(10-8-18)23-13-15-25-16-14-23/h7-10,17H,2-6,11-16H2,1H3,(H,21,24)/p+1/t17-/m0/s1. The SMILES string of the molecule is C[C@@H](C(=O)Nc1ccc(N2CCOCC2)cc1)[NH+]1CCCCCCC1. The van der Waals surface area contributed by atoms with E-state index in [0.717, 1.165) is 45.1 Å². The summed E-state index contributed by atoms with van der Waals surface area (Å²) in [7, 11) is 0. The molecule has 0 aromatic heterocycles. The highest BCUT2D eigenvalue weighted by Gasteiger charge is 2.25. The van der Waals surface area contributed by atoms with E-state index in [1.54, 1.807) is 0 Å². The number of anilines is 2. The number of amides is 1. The first-order chi connectivity index (χ1) is 12.2. The second kappa shape index (κ2) is 9.20. The van der Waals surface area contributed by atoms with Crippen molar-refractivity contribution >= 4 is 17.3 Å². The van der Waals surface area contributed by atoms with Gasteiger partial charge in [-0.3, -0.25) is 4.79 Å². The molecule has 2 N–H and O–H groups in total. The smallest absolute Gasteiger partial charge is 0.282 e. The Bertz CT molecular complexity index is 532. The van der Waals surface area contributed by atoms with Crippen molar-refractivity contribution in [3.63, 3.8) is 0 Å². The number of ether oxygens (including phenoxy) is 1. The maximum absolute atomic E-state index is 12.6. The Morgan fingerprint density at radius 3 is 2.28 bits per heavy atom. The van der Waals surface area contributed by atoms with Gasteiger partial charge >= 0.3 is 0 Å². The molecule has 3 rings (SSSR count). The summed E-state index contributed by atoms with van der Waals surface area (Å²) >= 11 is 0. The zero-order valence-corrected chi connectivity index (χ0v) is 15.4. The van der Waals surface area contributed by atoms with Gasteiger partial charge in [-0.2, -0.15) is 0 Å². The van der Waals surface area contributed by atoms with Crippen LogP contribution in [0.3, 0.4) is 0 Å². The largest absolute Gasteiger partial charge is 0.378 e. The highest BCUT2D eigenvalue weighted by molar-refractivity contribution is 5.93. The summed E-state index contributed by atoms with van der Waals surface area (Å²) in [5.74, 6) is 0.134. The minimum Gasteiger partial charge on any atom is -0.378 e. The fraction of sp³-hybridized carbons (Fsp3) is 0.650. The van der Waals surface area contributed by atoms with Crippen LogP contribution >= 0.6 is 0 Å². The van der Waals surface area contributed by atoms with Gasteiger partial charge in [-0.25, -0.2) is 0 Å². The Balaban J connectivity index is 1.54. The first kappa shape index (κ1) is 18.2. The van der Waals surface area contributed by atoms with Gasteiger partial charge < -0.3 is 19.9 Å². The van der Waals surface area contributed by atoms with Crippen LogP contribution in [-0.4, -0.2) is 51.3 Å². The molecule has 138 valence electrons. The molecule has 5 heteroatoms. The van der Waals surface area contributed by atoms with Crippen LogP contribution in [0.1, 0.15) is 39.0 Å². The summed E-state index contributed by atoms with van der Waals surface area (Å²) in [5.41, 5.74) is 2.09. The zero-order chi connectivity index (χ0) is 17.5. The molecule has 2 aliphatic rings. The monoisotopic (exact) mass is 346 g/mol. The minimum atomic E-state index is 0.0111. The minimum absolute atomic E-state index is 0.0111. The molecule has 2 saturated heterocycles. The number of nitrogens with zero attached hydrogens (tertiary/aromatic N) is 1. The summed E-state index contributed by atoms with van der Waals surface area (Å²) < 4.78 is 5.40. The average Bonchev–Trinajstić information content (AvgIpc) is 2.62. The number of hydrogen-bond acceptors (Lipinski definition) is 3. The lowest BCUT2D eigenvalue weighted by Crippen LogP contribution is -3.16. The van der Waals surface area contributed by atoms with Crippen LogP contribution in [0.2, 0.25) is 0 Å². The van der Waals surface area contributed by atoms with Crippen molar-refractivity contribution in [2.75, 3.05) is 49.6 Å². The van der Waals surface area contributed by atoms with Gasteiger partial charge in [0.2, 0.25) is 0 Å². The number of nitrogens with one attached hydrogen (secondary N) is 2. The maximum atomic E-state index is 12.6. The first-order valence-electron chi connectivity index (χ1n) is 9.82. The van der Waals surface area contributed by atoms with E-state index >= 15 is 0 Å². The predicted molar refractivity (Wildman–Crippen MR) is 101 cm³/mol. The van der Waals surface area contributed by atoms with Crippen molar-refractivity contribution in [3.05, 3.63) is 24.3 Å². The van der Waals surface area contributed by atoms with Gasteiger partial charge in [0.15, 0.2) is 6.04 Å². The number of rotatable bonds is 4. The van der Waals surface area contributed by atoms with Crippen LogP contribution in [0.4, 0.5) is 11.4 Å². The maximum Gasteiger partial charge on any atom is 0.282 e. The summed E-state index contributed by atoms with van der Waals surface area (Å²) in [6.45, 7) is 7.73. The molecule has 0 radical (unpaired) electrons. The van der Waals surface area contributed by atoms with Gasteiger partial charge in [0.25, 0.3) is 5.91 Å². The number of morpholine rings is 1. The van der Waals surface area contributed by atoms with Crippen LogP contribution in [0, 0.1) is 0 Å². The van der Waals surface area contributed by atoms with Crippen molar-refractivity contribution < 1.29 is 14.4 Å². The highest BCUT2D eigenvalue weighted by Crippen LogP contribution is 2.19. The van der Waals surface area contributed by atoms with Crippen LogP contribution in [0.25, 0.3) is 0 Å². The molecule has 1 aromatic rings. The van der Waals surface area contributed by atoms with Crippen LogP contribution in [-0.2, 0) is 9.53 Å². The number of carbonyl (C=O) groups excluding carboxylic acids is 1. The molecule has 0 aliphatic carbocycles. The molecule has 25 heavy (non-hydrogen) atoms. The van der Waals surface area contributed by atoms with Gasteiger partial charge in [0, 0.05) is 24.5 Å². The lowest BCUT2D eigenvalue weighted by Gasteiger charge is -2.29. The third-order valence-electron chi connectivity index (χ3n) is 5.51. The van der Waals surface area contributed by atoms with Crippen molar-refractivity contribution in [2.45, 2.75) is 45.1 Å². The van der Waals surface area contributed by atoms with E-state index in [1.165, 1.54) is 42.7 Å². The first-order valence-corrected chi connectivity index (χ1v) is 9.82. The van der Waals surface area contributed by atoms with Crippen LogP contribution in [0.5, 0.6) is 0 Å². The van der Waals surface area contributed by atoms with Gasteiger partial charge in [0.05, 0.1) is 26.3 Å². The van der Waals surface area contributed by atoms with Crippen molar-refractivity contribution in [3.8, 4) is 0 Å². The van der Waals surface area contributed by atoms with Gasteiger partial charge in [-0.1, -0.05) is 6.42 Å². The van der Waals surface area contributed by atoms with Crippen LogP contribution in [0.15, 0.2) is 24.3 Å². The molecule has 2 heterocycles. The Hall–Kier alpha value is -1.59. The fourth-order valence-electron chi connectivity index (χ4n) is 3.81. The van der Waals surface area contributed by atoms with E-state index in [9.17, 15) is 4.79 Å². The molecule has 2 fully saturated rings. The molecular weight excluding hydrogens is 314 g/mol. The number of benzene rings is 1. The number of quaternary nitrogens is 1. The average molecular weight is 346 g/mol. The van der Waals surface area contributed by atoms with Gasteiger partial charge in [0.1, 0.15) is 0 Å². The second-order valence-electron chi connectivity index (χ2n) is 7.28. The third kappa shape index (κ3) is 5.19. The van der Waals surface area contributed by atoms with Crippen LogP contribution < -0.4 is 15.1 Å². The summed E-state index contributed by atoms with van der Waals surface area (Å²) in [6.07, 6.45) is 6.44. The molecule has 2 aliphatic heterocycles. The van der Waals surface area contributed by atoms with E-state index in [0.29, 0.717) is 0 Å². The third-order valence-corrected chi connectivity index (χ3v) is 5.51. The molecule has 0 unspecified atom stereocenters. The molecule has 0 bridgehead atoms. The Labute approximate surface area is 151 Å². The van der Waals surface area contributed by atoms with Crippen molar-refractivity contribution in [1.29, 1.82) is 0 Å². The molecule has 0 spiro atoms. The van der Waals surface area contributed by atoms with Gasteiger partial charge in [-0.05, 0) is 56.9 Å². The number of carbonyl (C=O) groups is 1. The summed E-state index contributed by atoms with van der Waals surface area (Å²) in [5, 5.41) is 3.10. The summed E-state index contributed by atoms with van der Waals surface area (Å²) in [4.78, 5) is 16.4. The van der Waals surface area contributed by atoms with Crippen molar-refractivity contribution in [1.82, 2.24) is 0 Å². The Morgan fingerprint density at radius 1 is 1.04 bits per heavy atom. The Morgan fingerprint density at radius 2 is 1.64 bits per heavy atom. The fourth-order valence-corrected chi connectivity index (χ4v) is 3.81. The quantitative estimate of drug-likeness (QED) is 0.872. The highest BCUT2D eigenvalue weighted by atomic mass is 16.5. The van der Waals surface area contributed by atoms with E-state index in [4.69, 9.17) is 4.74 Å². The van der Waals surface area contributed by atoms with E-state index in [2.05, 4.69) is 29.3 Å². The predicted octanol–water partition coefficient (Wildman–Crippen LogP) is 1.70. The topological polar surface area (TPSA) is 46.0 Å². The number of hydrogen-bond donors (Lipinski definition) is 2. The zero-order valence-electron chi connectivity index (χ0n) is 15.4. The van der Waals surface area contributed by atoms with Gasteiger partial charge in [-0.15, -0.1) is 0 Å². The normalized spacial score (nSPS) is 21.2. The Kier molecular flexibility index (Phi) is 6.70. The lowest BCUT2D eigenvalue weighted by molar-refractivity contribution is -0.914. The molecule has 5 nitrogen and oxygen atoms in total. The summed E-state index contributed by atoms with van der Waals surface area (Å²) in [6, 6.07) is 8.22. The molecular formula is C20H32N3O2+. The van der Waals surface area contributed by atoms with E-state index in [-0.39, 0.29) is 11.9 Å². The van der Waals surface area contributed by atoms with Crippen molar-refractivity contribution in [2.24, 2.45) is 0 Å². The molecule has 1 aromatic carbocycles.